The first-order valence-electron chi connectivity index (χ1n) is 6.75. The van der Waals surface area contributed by atoms with Gasteiger partial charge in [-0.05, 0) is 18.6 Å². The first kappa shape index (κ1) is 16.1. The Bertz CT molecular complexity index is 614. The van der Waals surface area contributed by atoms with Crippen molar-refractivity contribution in [1.29, 1.82) is 0 Å². The van der Waals surface area contributed by atoms with Crippen LogP contribution in [0, 0.1) is 20.2 Å². The van der Waals surface area contributed by atoms with E-state index >= 15 is 0 Å². The minimum Gasteiger partial charge on any atom is -0.370 e. The molecular formula is C13H14N6O4. The van der Waals surface area contributed by atoms with E-state index in [4.69, 9.17) is 0 Å². The van der Waals surface area contributed by atoms with Gasteiger partial charge in [-0.25, -0.2) is 9.97 Å². The number of hydrogen-bond donors (Lipinski definition) is 2. The van der Waals surface area contributed by atoms with Crippen LogP contribution in [0.2, 0.25) is 0 Å². The Kier molecular flexibility index (Phi) is 5.34. The van der Waals surface area contributed by atoms with Crippen LogP contribution >= 0.6 is 0 Å². The fraction of sp³-hybridized carbons (Fsp3) is 0.231. The largest absolute Gasteiger partial charge is 0.370 e. The fourth-order valence-corrected chi connectivity index (χ4v) is 1.72. The van der Waals surface area contributed by atoms with Crippen LogP contribution in [0.4, 0.5) is 23.0 Å². The van der Waals surface area contributed by atoms with Gasteiger partial charge in [0.25, 0.3) is 11.4 Å². The molecule has 0 saturated heterocycles. The van der Waals surface area contributed by atoms with E-state index in [0.29, 0.717) is 24.7 Å². The number of nitro groups is 2. The normalized spacial score (nSPS) is 10.1. The Morgan fingerprint density at radius 1 is 0.826 bits per heavy atom. The van der Waals surface area contributed by atoms with E-state index in [0.717, 1.165) is 6.42 Å². The van der Waals surface area contributed by atoms with Crippen LogP contribution in [0.1, 0.15) is 6.42 Å². The third kappa shape index (κ3) is 4.88. The zero-order valence-electron chi connectivity index (χ0n) is 12.0. The van der Waals surface area contributed by atoms with Crippen LogP contribution in [0.25, 0.3) is 0 Å². The molecule has 0 unspecified atom stereocenters. The third-order valence-corrected chi connectivity index (χ3v) is 2.88. The molecule has 2 N–H and O–H groups in total. The van der Waals surface area contributed by atoms with Crippen LogP contribution in [-0.4, -0.2) is 32.9 Å². The highest BCUT2D eigenvalue weighted by Gasteiger charge is 2.05. The molecule has 0 saturated carbocycles. The van der Waals surface area contributed by atoms with E-state index < -0.39 is 9.85 Å². The molecule has 2 aromatic heterocycles. The molecular weight excluding hydrogens is 304 g/mol. The first-order chi connectivity index (χ1) is 11.1. The van der Waals surface area contributed by atoms with Gasteiger partial charge >= 0.3 is 0 Å². The molecule has 0 atom stereocenters. The molecule has 0 aliphatic heterocycles. The predicted molar refractivity (Wildman–Crippen MR) is 83.4 cm³/mol. The summed E-state index contributed by atoms with van der Waals surface area (Å²) in [4.78, 5) is 27.9. The lowest BCUT2D eigenvalue weighted by atomic mass is 10.3. The SMILES string of the molecule is O=[N+]([O-])c1ccc(NCCCNc2ccc([N+](=O)[O-])cn2)nc1. The molecule has 2 rings (SSSR count). The lowest BCUT2D eigenvalue weighted by Crippen LogP contribution is -2.10. The Balaban J connectivity index is 1.69. The Labute approximate surface area is 130 Å². The van der Waals surface area contributed by atoms with Crippen molar-refractivity contribution in [3.8, 4) is 0 Å². The summed E-state index contributed by atoms with van der Waals surface area (Å²) in [5.74, 6) is 1.12. The number of nitrogens with zero attached hydrogens (tertiary/aromatic N) is 4. The number of rotatable bonds is 8. The molecule has 120 valence electrons. The Hall–Kier alpha value is -3.30. The van der Waals surface area contributed by atoms with Crippen LogP contribution in [0.3, 0.4) is 0 Å². The average molecular weight is 318 g/mol. The summed E-state index contributed by atoms with van der Waals surface area (Å²) in [5.41, 5.74) is -0.108. The van der Waals surface area contributed by atoms with Gasteiger partial charge in [0.15, 0.2) is 0 Å². The highest BCUT2D eigenvalue weighted by atomic mass is 16.6. The molecule has 2 heterocycles. The molecule has 0 aliphatic carbocycles. The maximum atomic E-state index is 10.5. The molecule has 0 fully saturated rings. The molecule has 0 bridgehead atoms. The van der Waals surface area contributed by atoms with E-state index in [9.17, 15) is 20.2 Å². The lowest BCUT2D eigenvalue weighted by Gasteiger charge is -2.07. The van der Waals surface area contributed by atoms with Crippen LogP contribution in [-0.2, 0) is 0 Å². The number of nitrogens with one attached hydrogen (secondary N) is 2. The minimum atomic E-state index is -0.502. The maximum Gasteiger partial charge on any atom is 0.287 e. The second kappa shape index (κ2) is 7.64. The van der Waals surface area contributed by atoms with Gasteiger partial charge in [0.1, 0.15) is 24.0 Å². The van der Waals surface area contributed by atoms with Crippen molar-refractivity contribution >= 4 is 23.0 Å². The Morgan fingerprint density at radius 2 is 1.26 bits per heavy atom. The van der Waals surface area contributed by atoms with Gasteiger partial charge in [-0.1, -0.05) is 0 Å². The van der Waals surface area contributed by atoms with E-state index in [1.54, 1.807) is 12.1 Å². The fourth-order valence-electron chi connectivity index (χ4n) is 1.72. The van der Waals surface area contributed by atoms with E-state index in [1.807, 2.05) is 0 Å². The molecule has 0 aromatic carbocycles. The van der Waals surface area contributed by atoms with Gasteiger partial charge in [-0.2, -0.15) is 0 Å². The van der Waals surface area contributed by atoms with Crippen molar-refractivity contribution in [2.75, 3.05) is 23.7 Å². The van der Waals surface area contributed by atoms with Crippen LogP contribution < -0.4 is 10.6 Å². The zero-order valence-corrected chi connectivity index (χ0v) is 12.0. The van der Waals surface area contributed by atoms with Crippen LogP contribution in [0.5, 0.6) is 0 Å². The van der Waals surface area contributed by atoms with Crippen molar-refractivity contribution in [3.63, 3.8) is 0 Å². The molecule has 0 radical (unpaired) electrons. The predicted octanol–water partition coefficient (Wildman–Crippen LogP) is 2.21. The standard InChI is InChI=1S/C13H14N6O4/c20-18(21)10-2-4-12(16-8-10)14-6-1-7-15-13-5-3-11(9-17-13)19(22)23/h2-5,8-9H,1,6-7H2,(H,14,16)(H,15,17). The maximum absolute atomic E-state index is 10.5. The number of hydrogen-bond acceptors (Lipinski definition) is 8. The van der Waals surface area contributed by atoms with Gasteiger partial charge in [0.2, 0.25) is 0 Å². The molecule has 0 amide bonds. The quantitative estimate of drug-likeness (QED) is 0.429. The van der Waals surface area contributed by atoms with Crippen molar-refractivity contribution in [2.24, 2.45) is 0 Å². The molecule has 2 aromatic rings. The molecule has 0 spiro atoms. The van der Waals surface area contributed by atoms with Gasteiger partial charge < -0.3 is 10.6 Å². The third-order valence-electron chi connectivity index (χ3n) is 2.88. The molecule has 10 nitrogen and oxygen atoms in total. The van der Waals surface area contributed by atoms with Gasteiger partial charge in [-0.15, -0.1) is 0 Å². The monoisotopic (exact) mass is 318 g/mol. The molecule has 10 heteroatoms. The summed E-state index contributed by atoms with van der Waals surface area (Å²) in [6.07, 6.45) is 3.14. The van der Waals surface area contributed by atoms with Crippen molar-refractivity contribution < 1.29 is 9.85 Å². The Morgan fingerprint density at radius 3 is 1.57 bits per heavy atom. The smallest absolute Gasteiger partial charge is 0.287 e. The summed E-state index contributed by atoms with van der Waals surface area (Å²) in [5, 5.41) is 27.1. The highest BCUT2D eigenvalue weighted by molar-refractivity contribution is 5.41. The molecule has 23 heavy (non-hydrogen) atoms. The number of pyridine rings is 2. The topological polar surface area (TPSA) is 136 Å². The van der Waals surface area contributed by atoms with Crippen molar-refractivity contribution in [1.82, 2.24) is 9.97 Å². The summed E-state index contributed by atoms with van der Waals surface area (Å²) in [7, 11) is 0. The number of aromatic nitrogens is 2. The van der Waals surface area contributed by atoms with Gasteiger partial charge in [0, 0.05) is 25.2 Å². The van der Waals surface area contributed by atoms with Gasteiger partial charge in [-0.3, -0.25) is 20.2 Å². The van der Waals surface area contributed by atoms with E-state index in [2.05, 4.69) is 20.6 Å². The van der Waals surface area contributed by atoms with Gasteiger partial charge in [0.05, 0.1) is 9.85 Å². The first-order valence-corrected chi connectivity index (χ1v) is 6.75. The number of anilines is 2. The van der Waals surface area contributed by atoms with Crippen LogP contribution in [0.15, 0.2) is 36.7 Å². The van der Waals surface area contributed by atoms with Crippen molar-refractivity contribution in [3.05, 3.63) is 56.9 Å². The summed E-state index contributed by atoms with van der Waals surface area (Å²) in [6, 6.07) is 5.86. The van der Waals surface area contributed by atoms with Crippen molar-refractivity contribution in [2.45, 2.75) is 6.42 Å². The average Bonchev–Trinajstić information content (AvgIpc) is 2.55. The van der Waals surface area contributed by atoms with E-state index in [1.165, 1.54) is 24.5 Å². The van der Waals surface area contributed by atoms with E-state index in [-0.39, 0.29) is 11.4 Å². The summed E-state index contributed by atoms with van der Waals surface area (Å²) >= 11 is 0. The second-order valence-electron chi connectivity index (χ2n) is 4.52. The minimum absolute atomic E-state index is 0.0542. The zero-order chi connectivity index (χ0) is 16.7. The summed E-state index contributed by atoms with van der Waals surface area (Å²) in [6.45, 7) is 1.23. The second-order valence-corrected chi connectivity index (χ2v) is 4.52. The summed E-state index contributed by atoms with van der Waals surface area (Å²) < 4.78 is 0. The molecule has 0 aliphatic rings. The highest BCUT2D eigenvalue weighted by Crippen LogP contribution is 2.12. The lowest BCUT2D eigenvalue weighted by molar-refractivity contribution is -0.385.